The Bertz CT molecular complexity index is 474. The van der Waals surface area contributed by atoms with E-state index in [1.165, 1.54) is 19.3 Å². The SMILES string of the molecule is CCCc1nc(NN)c(C)c(NC2CCC(C)C(C)C2)n1. The van der Waals surface area contributed by atoms with E-state index in [9.17, 15) is 0 Å². The van der Waals surface area contributed by atoms with Gasteiger partial charge in [-0.05, 0) is 44.4 Å². The Morgan fingerprint density at radius 3 is 2.48 bits per heavy atom. The molecule has 0 bridgehead atoms. The molecule has 118 valence electrons. The molecule has 0 radical (unpaired) electrons. The summed E-state index contributed by atoms with van der Waals surface area (Å²) < 4.78 is 0. The van der Waals surface area contributed by atoms with Crippen molar-refractivity contribution in [2.45, 2.75) is 65.8 Å². The van der Waals surface area contributed by atoms with Crippen LogP contribution in [0, 0.1) is 18.8 Å². The Labute approximate surface area is 128 Å². The predicted molar refractivity (Wildman–Crippen MR) is 88.2 cm³/mol. The quantitative estimate of drug-likeness (QED) is 0.573. The monoisotopic (exact) mass is 291 g/mol. The van der Waals surface area contributed by atoms with E-state index >= 15 is 0 Å². The van der Waals surface area contributed by atoms with Crippen LogP contribution in [0.3, 0.4) is 0 Å². The summed E-state index contributed by atoms with van der Waals surface area (Å²) in [6.45, 7) is 8.85. The summed E-state index contributed by atoms with van der Waals surface area (Å²) in [4.78, 5) is 9.17. The standard InChI is InChI=1S/C16H29N5/c1-5-6-14-19-15(12(4)16(20-14)21-17)18-13-8-7-10(2)11(3)9-13/h10-11,13H,5-9,17H2,1-4H3,(H2,18,19,20,21). The van der Waals surface area contributed by atoms with Gasteiger partial charge in [0.05, 0.1) is 0 Å². The summed E-state index contributed by atoms with van der Waals surface area (Å²) in [5.74, 6) is 9.70. The van der Waals surface area contributed by atoms with Crippen LogP contribution in [-0.4, -0.2) is 16.0 Å². The lowest BCUT2D eigenvalue weighted by Gasteiger charge is -2.33. The minimum atomic E-state index is 0.505. The van der Waals surface area contributed by atoms with Crippen molar-refractivity contribution >= 4 is 11.6 Å². The van der Waals surface area contributed by atoms with E-state index in [1.54, 1.807) is 0 Å². The lowest BCUT2D eigenvalue weighted by atomic mass is 9.79. The van der Waals surface area contributed by atoms with Crippen molar-refractivity contribution in [2.75, 3.05) is 10.7 Å². The van der Waals surface area contributed by atoms with Crippen LogP contribution in [0.2, 0.25) is 0 Å². The summed E-state index contributed by atoms with van der Waals surface area (Å²) in [6.07, 6.45) is 5.61. The fraction of sp³-hybridized carbons (Fsp3) is 0.750. The molecular formula is C16H29N5. The lowest BCUT2D eigenvalue weighted by Crippen LogP contribution is -2.31. The maximum Gasteiger partial charge on any atom is 0.148 e. The van der Waals surface area contributed by atoms with Crippen molar-refractivity contribution in [3.63, 3.8) is 0 Å². The highest BCUT2D eigenvalue weighted by molar-refractivity contribution is 5.57. The normalized spacial score (nSPS) is 25.7. The Hall–Kier alpha value is -1.36. The molecule has 3 atom stereocenters. The molecule has 1 aliphatic carbocycles. The molecule has 0 amide bonds. The van der Waals surface area contributed by atoms with Gasteiger partial charge in [0.2, 0.25) is 0 Å². The average Bonchev–Trinajstić information content (AvgIpc) is 2.46. The van der Waals surface area contributed by atoms with Gasteiger partial charge in [0.15, 0.2) is 0 Å². The number of hydrogen-bond donors (Lipinski definition) is 3. The van der Waals surface area contributed by atoms with Crippen LogP contribution >= 0.6 is 0 Å². The molecule has 1 saturated carbocycles. The number of nitrogen functional groups attached to an aromatic ring is 1. The number of rotatable bonds is 5. The van der Waals surface area contributed by atoms with E-state index in [4.69, 9.17) is 10.8 Å². The Balaban J connectivity index is 2.16. The van der Waals surface area contributed by atoms with Crippen LogP contribution < -0.4 is 16.6 Å². The van der Waals surface area contributed by atoms with E-state index < -0.39 is 0 Å². The van der Waals surface area contributed by atoms with Gasteiger partial charge in [0.1, 0.15) is 17.5 Å². The molecular weight excluding hydrogens is 262 g/mol. The van der Waals surface area contributed by atoms with Gasteiger partial charge in [-0.1, -0.05) is 20.8 Å². The van der Waals surface area contributed by atoms with Gasteiger partial charge in [-0.3, -0.25) is 0 Å². The lowest BCUT2D eigenvalue weighted by molar-refractivity contribution is 0.260. The molecule has 0 spiro atoms. The molecule has 4 N–H and O–H groups in total. The molecule has 5 nitrogen and oxygen atoms in total. The third-order valence-electron chi connectivity index (χ3n) is 4.74. The van der Waals surface area contributed by atoms with Crippen molar-refractivity contribution in [1.29, 1.82) is 0 Å². The summed E-state index contributed by atoms with van der Waals surface area (Å²) >= 11 is 0. The maximum atomic E-state index is 5.59. The summed E-state index contributed by atoms with van der Waals surface area (Å²) in [5, 5.41) is 3.63. The van der Waals surface area contributed by atoms with Gasteiger partial charge in [-0.15, -0.1) is 0 Å². The third kappa shape index (κ3) is 3.84. The second kappa shape index (κ2) is 7.07. The largest absolute Gasteiger partial charge is 0.367 e. The van der Waals surface area contributed by atoms with Crippen molar-refractivity contribution in [1.82, 2.24) is 9.97 Å². The number of anilines is 2. The van der Waals surface area contributed by atoms with Crippen LogP contribution in [0.15, 0.2) is 0 Å². The molecule has 5 heteroatoms. The fourth-order valence-corrected chi connectivity index (χ4v) is 3.05. The van der Waals surface area contributed by atoms with Crippen molar-refractivity contribution < 1.29 is 0 Å². The molecule has 1 heterocycles. The summed E-state index contributed by atoms with van der Waals surface area (Å²) in [5.41, 5.74) is 3.70. The Morgan fingerprint density at radius 1 is 1.14 bits per heavy atom. The third-order valence-corrected chi connectivity index (χ3v) is 4.74. The van der Waals surface area contributed by atoms with Crippen molar-refractivity contribution in [3.05, 3.63) is 11.4 Å². The number of nitrogens with one attached hydrogen (secondary N) is 2. The van der Waals surface area contributed by atoms with Crippen LogP contribution in [-0.2, 0) is 6.42 Å². The number of hydrazine groups is 1. The van der Waals surface area contributed by atoms with Gasteiger partial charge in [0, 0.05) is 18.0 Å². The van der Waals surface area contributed by atoms with Gasteiger partial charge >= 0.3 is 0 Å². The van der Waals surface area contributed by atoms with E-state index in [1.807, 2.05) is 6.92 Å². The number of nitrogens with zero attached hydrogens (tertiary/aromatic N) is 2. The van der Waals surface area contributed by atoms with E-state index in [-0.39, 0.29) is 0 Å². The van der Waals surface area contributed by atoms with E-state index in [2.05, 4.69) is 36.5 Å². The molecule has 1 aliphatic rings. The second-order valence-electron chi connectivity index (χ2n) is 6.47. The number of hydrogen-bond acceptors (Lipinski definition) is 5. The minimum absolute atomic E-state index is 0.505. The molecule has 0 saturated heterocycles. The number of aryl methyl sites for hydroxylation is 1. The molecule has 1 fully saturated rings. The van der Waals surface area contributed by atoms with E-state index in [0.717, 1.165) is 47.7 Å². The van der Waals surface area contributed by atoms with Crippen molar-refractivity contribution in [2.24, 2.45) is 17.7 Å². The molecule has 0 aromatic carbocycles. The number of nitrogens with two attached hydrogens (primary N) is 1. The zero-order valence-corrected chi connectivity index (χ0v) is 13.7. The topological polar surface area (TPSA) is 75.9 Å². The molecule has 21 heavy (non-hydrogen) atoms. The first-order chi connectivity index (χ1) is 10.0. The summed E-state index contributed by atoms with van der Waals surface area (Å²) in [6, 6.07) is 0.505. The van der Waals surface area contributed by atoms with Crippen LogP contribution in [0.1, 0.15) is 57.8 Å². The molecule has 0 aliphatic heterocycles. The zero-order chi connectivity index (χ0) is 15.4. The zero-order valence-electron chi connectivity index (χ0n) is 13.7. The smallest absolute Gasteiger partial charge is 0.148 e. The highest BCUT2D eigenvalue weighted by atomic mass is 15.3. The maximum absolute atomic E-state index is 5.59. The van der Waals surface area contributed by atoms with Crippen LogP contribution in [0.25, 0.3) is 0 Å². The molecule has 1 aromatic rings. The van der Waals surface area contributed by atoms with Gasteiger partial charge in [0.25, 0.3) is 0 Å². The second-order valence-corrected chi connectivity index (χ2v) is 6.47. The minimum Gasteiger partial charge on any atom is -0.367 e. The summed E-state index contributed by atoms with van der Waals surface area (Å²) in [7, 11) is 0. The highest BCUT2D eigenvalue weighted by Crippen LogP contribution is 2.31. The van der Waals surface area contributed by atoms with Crippen LogP contribution in [0.5, 0.6) is 0 Å². The number of aromatic nitrogens is 2. The average molecular weight is 291 g/mol. The van der Waals surface area contributed by atoms with Crippen LogP contribution in [0.4, 0.5) is 11.6 Å². The first-order valence-electron chi connectivity index (χ1n) is 8.15. The Kier molecular flexibility index (Phi) is 5.39. The predicted octanol–water partition coefficient (Wildman–Crippen LogP) is 3.26. The van der Waals surface area contributed by atoms with Gasteiger partial charge in [-0.2, -0.15) is 0 Å². The highest BCUT2D eigenvalue weighted by Gasteiger charge is 2.25. The molecule has 3 unspecified atom stereocenters. The first kappa shape index (κ1) is 16.0. The van der Waals surface area contributed by atoms with E-state index in [0.29, 0.717) is 6.04 Å². The molecule has 1 aromatic heterocycles. The first-order valence-corrected chi connectivity index (χ1v) is 8.15. The fourth-order valence-electron chi connectivity index (χ4n) is 3.05. The Morgan fingerprint density at radius 2 is 1.86 bits per heavy atom. The van der Waals surface area contributed by atoms with Gasteiger partial charge in [-0.25, -0.2) is 15.8 Å². The molecule has 2 rings (SSSR count). The van der Waals surface area contributed by atoms with Gasteiger partial charge < -0.3 is 10.7 Å². The van der Waals surface area contributed by atoms with Crippen molar-refractivity contribution in [3.8, 4) is 0 Å².